The topological polar surface area (TPSA) is 68.5 Å². The highest BCUT2D eigenvalue weighted by Gasteiger charge is 2.22. The summed E-state index contributed by atoms with van der Waals surface area (Å²) in [5.74, 6) is -0.708. The van der Waals surface area contributed by atoms with Crippen molar-refractivity contribution in [1.82, 2.24) is 5.32 Å². The molecule has 0 aliphatic heterocycles. The average molecular weight is 365 g/mol. The molecule has 0 unspecified atom stereocenters. The van der Waals surface area contributed by atoms with E-state index < -0.39 is 12.0 Å². The fraction of sp³-hybridized carbons (Fsp3) is 0.273. The second-order valence-corrected chi connectivity index (χ2v) is 6.45. The van der Waals surface area contributed by atoms with Crippen molar-refractivity contribution < 1.29 is 18.7 Å². The number of hydrogen-bond acceptors (Lipinski definition) is 4. The molecular weight excluding hydrogens is 342 g/mol. The Morgan fingerprint density at radius 1 is 1.11 bits per heavy atom. The number of fused-ring (bicyclic) bond motifs is 1. The first-order valence-corrected chi connectivity index (χ1v) is 9.00. The van der Waals surface area contributed by atoms with Crippen molar-refractivity contribution in [1.29, 1.82) is 0 Å². The molecule has 1 N–H and O–H groups in total. The maximum Gasteiger partial charge on any atom is 0.328 e. The van der Waals surface area contributed by atoms with Crippen LogP contribution >= 0.6 is 0 Å². The van der Waals surface area contributed by atoms with Gasteiger partial charge in [0.2, 0.25) is 5.91 Å². The van der Waals surface area contributed by atoms with E-state index in [1.807, 2.05) is 48.5 Å². The summed E-state index contributed by atoms with van der Waals surface area (Å²) in [5.41, 5.74) is 3.70. The number of methoxy groups -OCH3 is 1. The molecule has 0 spiro atoms. The van der Waals surface area contributed by atoms with E-state index in [1.165, 1.54) is 12.7 Å². The first-order chi connectivity index (χ1) is 13.1. The van der Waals surface area contributed by atoms with Gasteiger partial charge in [0, 0.05) is 17.4 Å². The number of carbonyl (C=O) groups is 2. The number of furan rings is 1. The molecular formula is C22H23NO4. The zero-order chi connectivity index (χ0) is 19.2. The van der Waals surface area contributed by atoms with E-state index in [-0.39, 0.29) is 12.3 Å². The predicted octanol–water partition coefficient (Wildman–Crippen LogP) is 3.44. The number of esters is 1. The van der Waals surface area contributed by atoms with E-state index in [2.05, 4.69) is 12.2 Å². The first-order valence-electron chi connectivity index (χ1n) is 9.00. The van der Waals surface area contributed by atoms with Crippen molar-refractivity contribution in [2.75, 3.05) is 7.11 Å². The smallest absolute Gasteiger partial charge is 0.328 e. The summed E-state index contributed by atoms with van der Waals surface area (Å²) >= 11 is 0. The quantitative estimate of drug-likeness (QED) is 0.651. The summed E-state index contributed by atoms with van der Waals surface area (Å²) < 4.78 is 10.4. The third kappa shape index (κ3) is 4.56. The largest absolute Gasteiger partial charge is 0.467 e. The van der Waals surface area contributed by atoms with E-state index in [1.54, 1.807) is 6.26 Å². The Kier molecular flexibility index (Phi) is 5.91. The molecule has 1 atom stereocenters. The molecule has 0 saturated carbocycles. The first kappa shape index (κ1) is 18.7. The Morgan fingerprint density at radius 3 is 2.59 bits per heavy atom. The summed E-state index contributed by atoms with van der Waals surface area (Å²) in [4.78, 5) is 24.6. The number of hydrogen-bond donors (Lipinski definition) is 1. The van der Waals surface area contributed by atoms with Gasteiger partial charge in [-0.25, -0.2) is 4.79 Å². The van der Waals surface area contributed by atoms with E-state index in [0.29, 0.717) is 6.42 Å². The van der Waals surface area contributed by atoms with Gasteiger partial charge in [-0.1, -0.05) is 49.4 Å². The van der Waals surface area contributed by atoms with Crippen molar-refractivity contribution in [3.8, 4) is 0 Å². The second kappa shape index (κ2) is 8.54. The number of ether oxygens (including phenoxy) is 1. The van der Waals surface area contributed by atoms with Crippen LogP contribution in [0.25, 0.3) is 11.0 Å². The number of rotatable bonds is 7. The van der Waals surface area contributed by atoms with Gasteiger partial charge >= 0.3 is 5.97 Å². The standard InChI is InChI=1S/C22H23NO4/c1-3-15-9-10-18-17(14-27-20(18)12-15)13-21(24)23-19(22(25)26-2)11-16-7-5-4-6-8-16/h4-10,12,14,19H,3,11,13H2,1-2H3,(H,23,24)/t19-/m0/s1. The van der Waals surface area contributed by atoms with Crippen LogP contribution < -0.4 is 5.32 Å². The summed E-state index contributed by atoms with van der Waals surface area (Å²) in [5, 5.41) is 3.70. The van der Waals surface area contributed by atoms with E-state index >= 15 is 0 Å². The molecule has 5 heteroatoms. The minimum absolute atomic E-state index is 0.140. The molecule has 0 radical (unpaired) electrons. The van der Waals surface area contributed by atoms with Crippen LogP contribution in [0.3, 0.4) is 0 Å². The summed E-state index contributed by atoms with van der Waals surface area (Å²) in [6.07, 6.45) is 3.05. The van der Waals surface area contributed by atoms with E-state index in [4.69, 9.17) is 9.15 Å². The minimum atomic E-state index is -0.727. The number of benzene rings is 2. The van der Waals surface area contributed by atoms with Crippen LogP contribution in [0.1, 0.15) is 23.6 Å². The Hall–Kier alpha value is -3.08. The molecule has 1 amide bonds. The van der Waals surface area contributed by atoms with Crippen molar-refractivity contribution in [3.05, 3.63) is 71.5 Å². The predicted molar refractivity (Wildman–Crippen MR) is 103 cm³/mol. The summed E-state index contributed by atoms with van der Waals surface area (Å²) in [6, 6.07) is 14.8. The van der Waals surface area contributed by atoms with Crippen LogP contribution in [-0.2, 0) is 33.6 Å². The molecule has 3 rings (SSSR count). The normalized spacial score (nSPS) is 11.9. The van der Waals surface area contributed by atoms with E-state index in [9.17, 15) is 9.59 Å². The fourth-order valence-corrected chi connectivity index (χ4v) is 3.09. The fourth-order valence-electron chi connectivity index (χ4n) is 3.09. The van der Waals surface area contributed by atoms with Crippen LogP contribution in [0.4, 0.5) is 0 Å². The summed E-state index contributed by atoms with van der Waals surface area (Å²) in [6.45, 7) is 2.08. The molecule has 0 bridgehead atoms. The zero-order valence-corrected chi connectivity index (χ0v) is 15.5. The third-order valence-corrected chi connectivity index (χ3v) is 4.58. The molecule has 3 aromatic rings. The molecule has 1 heterocycles. The van der Waals surface area contributed by atoms with Crippen LogP contribution in [-0.4, -0.2) is 25.0 Å². The van der Waals surface area contributed by atoms with Gasteiger partial charge in [0.1, 0.15) is 11.6 Å². The number of nitrogens with one attached hydrogen (secondary N) is 1. The molecule has 0 aliphatic carbocycles. The molecule has 1 aromatic heterocycles. The van der Waals surface area contributed by atoms with Gasteiger partial charge in [-0.3, -0.25) is 4.79 Å². The molecule has 0 fully saturated rings. The van der Waals surface area contributed by atoms with Crippen LogP contribution in [0.5, 0.6) is 0 Å². The van der Waals surface area contributed by atoms with E-state index in [0.717, 1.165) is 28.5 Å². The highest BCUT2D eigenvalue weighted by Crippen LogP contribution is 2.23. The lowest BCUT2D eigenvalue weighted by Crippen LogP contribution is -2.43. The Balaban J connectivity index is 1.71. The van der Waals surface area contributed by atoms with Gasteiger partial charge in [0.25, 0.3) is 0 Å². The average Bonchev–Trinajstić information content (AvgIpc) is 3.09. The summed E-state index contributed by atoms with van der Waals surface area (Å²) in [7, 11) is 1.32. The minimum Gasteiger partial charge on any atom is -0.467 e. The molecule has 140 valence electrons. The van der Waals surface area contributed by atoms with Crippen molar-refractivity contribution in [2.24, 2.45) is 0 Å². The van der Waals surface area contributed by atoms with Crippen LogP contribution in [0.15, 0.2) is 59.2 Å². The highest BCUT2D eigenvalue weighted by molar-refractivity contribution is 5.90. The molecule has 0 saturated heterocycles. The van der Waals surface area contributed by atoms with Crippen LogP contribution in [0.2, 0.25) is 0 Å². The lowest BCUT2D eigenvalue weighted by Gasteiger charge is -2.16. The molecule has 0 aliphatic rings. The number of carbonyl (C=O) groups excluding carboxylic acids is 2. The van der Waals surface area contributed by atoms with Gasteiger partial charge in [0.05, 0.1) is 19.8 Å². The van der Waals surface area contributed by atoms with Gasteiger partial charge < -0.3 is 14.5 Å². The molecule has 27 heavy (non-hydrogen) atoms. The van der Waals surface area contributed by atoms with Crippen LogP contribution in [0, 0.1) is 0 Å². The monoisotopic (exact) mass is 365 g/mol. The molecule has 5 nitrogen and oxygen atoms in total. The van der Waals surface area contributed by atoms with Gasteiger partial charge in [-0.15, -0.1) is 0 Å². The maximum atomic E-state index is 12.5. The lowest BCUT2D eigenvalue weighted by atomic mass is 10.0. The SMILES string of the molecule is CCc1ccc2c(CC(=O)N[C@@H](Cc3ccccc3)C(=O)OC)coc2c1. The number of amides is 1. The maximum absolute atomic E-state index is 12.5. The van der Waals surface area contributed by atoms with Crippen molar-refractivity contribution in [2.45, 2.75) is 32.2 Å². The Bertz CT molecular complexity index is 930. The lowest BCUT2D eigenvalue weighted by molar-refractivity contribution is -0.145. The second-order valence-electron chi connectivity index (χ2n) is 6.45. The van der Waals surface area contributed by atoms with Gasteiger partial charge in [0.15, 0.2) is 0 Å². The van der Waals surface area contributed by atoms with Crippen molar-refractivity contribution in [3.63, 3.8) is 0 Å². The Labute approximate surface area is 158 Å². The number of aryl methyl sites for hydroxylation is 1. The highest BCUT2D eigenvalue weighted by atomic mass is 16.5. The van der Waals surface area contributed by atoms with Gasteiger partial charge in [-0.05, 0) is 23.6 Å². The third-order valence-electron chi connectivity index (χ3n) is 4.58. The molecule has 2 aromatic carbocycles. The Morgan fingerprint density at radius 2 is 1.89 bits per heavy atom. The van der Waals surface area contributed by atoms with Gasteiger partial charge in [-0.2, -0.15) is 0 Å². The zero-order valence-electron chi connectivity index (χ0n) is 15.5. The van der Waals surface area contributed by atoms with Crippen molar-refractivity contribution >= 4 is 22.8 Å².